The Labute approximate surface area is 144 Å². The molecule has 0 fully saturated rings. The predicted octanol–water partition coefficient (Wildman–Crippen LogP) is 2.85. The van der Waals surface area contributed by atoms with Crippen LogP contribution < -0.4 is 9.46 Å². The predicted molar refractivity (Wildman–Crippen MR) is 90.7 cm³/mol. The summed E-state index contributed by atoms with van der Waals surface area (Å²) >= 11 is 3.39. The quantitative estimate of drug-likeness (QED) is 0.816. The summed E-state index contributed by atoms with van der Waals surface area (Å²) in [6.07, 6.45) is 0.498. The van der Waals surface area contributed by atoms with E-state index in [4.69, 9.17) is 10.00 Å². The van der Waals surface area contributed by atoms with Crippen LogP contribution in [-0.4, -0.2) is 22.1 Å². The second-order valence-electron chi connectivity index (χ2n) is 4.74. The lowest BCUT2D eigenvalue weighted by Crippen LogP contribution is -2.26. The van der Waals surface area contributed by atoms with Gasteiger partial charge < -0.3 is 4.74 Å². The molecule has 0 aliphatic rings. The fourth-order valence-corrected chi connectivity index (χ4v) is 3.49. The Morgan fingerprint density at radius 1 is 1.22 bits per heavy atom. The summed E-state index contributed by atoms with van der Waals surface area (Å²) < 4.78 is 33.1. The zero-order valence-corrected chi connectivity index (χ0v) is 14.8. The Morgan fingerprint density at radius 2 is 1.91 bits per heavy atom. The van der Waals surface area contributed by atoms with E-state index in [0.717, 1.165) is 10.0 Å². The second kappa shape index (κ2) is 7.59. The molecule has 0 amide bonds. The molecule has 2 rings (SSSR count). The smallest absolute Gasteiger partial charge is 0.240 e. The highest BCUT2D eigenvalue weighted by molar-refractivity contribution is 9.10. The molecule has 2 aromatic carbocycles. The standard InChI is InChI=1S/C16H15BrN2O3S/c1-22-16-7-4-14(17)10-13(16)8-9-19-23(20,21)15-5-2-12(11-18)3-6-15/h2-7,10,19H,8-9H2,1H3. The normalized spacial score (nSPS) is 11.0. The molecular weight excluding hydrogens is 380 g/mol. The third-order valence-electron chi connectivity index (χ3n) is 3.22. The van der Waals surface area contributed by atoms with Crippen LogP contribution in [0.1, 0.15) is 11.1 Å². The first-order valence-corrected chi connectivity index (χ1v) is 9.06. The Bertz CT molecular complexity index is 827. The number of rotatable bonds is 6. The minimum Gasteiger partial charge on any atom is -0.496 e. The molecule has 1 N–H and O–H groups in total. The van der Waals surface area contributed by atoms with Gasteiger partial charge in [-0.1, -0.05) is 15.9 Å². The molecule has 0 aliphatic carbocycles. The maximum atomic E-state index is 12.2. The number of nitrogens with zero attached hydrogens (tertiary/aromatic N) is 1. The van der Waals surface area contributed by atoms with E-state index in [2.05, 4.69) is 20.7 Å². The van der Waals surface area contributed by atoms with Gasteiger partial charge in [-0.25, -0.2) is 13.1 Å². The van der Waals surface area contributed by atoms with E-state index in [1.807, 2.05) is 24.3 Å². The molecule has 0 radical (unpaired) electrons. The summed E-state index contributed by atoms with van der Waals surface area (Å²) in [5, 5.41) is 8.74. The van der Waals surface area contributed by atoms with Gasteiger partial charge >= 0.3 is 0 Å². The maximum absolute atomic E-state index is 12.2. The van der Waals surface area contributed by atoms with Crippen molar-refractivity contribution in [1.82, 2.24) is 4.72 Å². The number of halogens is 1. The van der Waals surface area contributed by atoms with Gasteiger partial charge in [0.05, 0.1) is 23.6 Å². The van der Waals surface area contributed by atoms with E-state index in [9.17, 15) is 8.42 Å². The largest absolute Gasteiger partial charge is 0.496 e. The monoisotopic (exact) mass is 394 g/mol. The third-order valence-corrected chi connectivity index (χ3v) is 5.19. The van der Waals surface area contributed by atoms with Crippen molar-refractivity contribution >= 4 is 26.0 Å². The number of sulfonamides is 1. The zero-order valence-electron chi connectivity index (χ0n) is 12.4. The Kier molecular flexibility index (Phi) is 5.77. The van der Waals surface area contributed by atoms with E-state index in [1.165, 1.54) is 24.3 Å². The molecule has 0 heterocycles. The fraction of sp³-hybridized carbons (Fsp3) is 0.188. The van der Waals surface area contributed by atoms with Crippen molar-refractivity contribution in [3.05, 3.63) is 58.1 Å². The molecule has 7 heteroatoms. The van der Waals surface area contributed by atoms with Crippen LogP contribution in [0.2, 0.25) is 0 Å². The zero-order chi connectivity index (χ0) is 16.9. The number of ether oxygens (including phenoxy) is 1. The lowest BCUT2D eigenvalue weighted by atomic mass is 10.1. The first-order valence-electron chi connectivity index (χ1n) is 6.78. The summed E-state index contributed by atoms with van der Waals surface area (Å²) in [6, 6.07) is 13.3. The molecule has 5 nitrogen and oxygen atoms in total. The Balaban J connectivity index is 2.05. The number of nitriles is 1. The summed E-state index contributed by atoms with van der Waals surface area (Å²) in [4.78, 5) is 0.137. The van der Waals surface area contributed by atoms with Gasteiger partial charge in [-0.2, -0.15) is 5.26 Å². The Hall–Kier alpha value is -1.88. The van der Waals surface area contributed by atoms with Crippen molar-refractivity contribution in [2.45, 2.75) is 11.3 Å². The van der Waals surface area contributed by atoms with E-state index in [0.29, 0.717) is 17.7 Å². The number of nitrogens with one attached hydrogen (secondary N) is 1. The van der Waals surface area contributed by atoms with Crippen LogP contribution in [0.15, 0.2) is 51.8 Å². The molecule has 0 atom stereocenters. The first kappa shape index (κ1) is 17.5. The van der Waals surface area contributed by atoms with Gasteiger partial charge in [-0.15, -0.1) is 0 Å². The van der Waals surface area contributed by atoms with Gasteiger partial charge in [0.1, 0.15) is 5.75 Å². The molecule has 0 spiro atoms. The minimum atomic E-state index is -3.60. The van der Waals surface area contributed by atoms with Gasteiger partial charge in [0.25, 0.3) is 0 Å². The molecule has 0 aliphatic heterocycles. The van der Waals surface area contributed by atoms with Crippen LogP contribution >= 0.6 is 15.9 Å². The van der Waals surface area contributed by atoms with Gasteiger partial charge in [0.2, 0.25) is 10.0 Å². The van der Waals surface area contributed by atoms with Crippen molar-refractivity contribution in [2.75, 3.05) is 13.7 Å². The first-order chi connectivity index (χ1) is 11.0. The van der Waals surface area contributed by atoms with Crippen molar-refractivity contribution < 1.29 is 13.2 Å². The molecule has 23 heavy (non-hydrogen) atoms. The van der Waals surface area contributed by atoms with Crippen LogP contribution in [0.25, 0.3) is 0 Å². The molecule has 0 unspecified atom stereocenters. The number of hydrogen-bond acceptors (Lipinski definition) is 4. The lowest BCUT2D eigenvalue weighted by molar-refractivity contribution is 0.409. The Morgan fingerprint density at radius 3 is 2.52 bits per heavy atom. The molecule has 120 valence electrons. The molecule has 2 aromatic rings. The highest BCUT2D eigenvalue weighted by Gasteiger charge is 2.14. The van der Waals surface area contributed by atoms with Gasteiger partial charge in [0.15, 0.2) is 0 Å². The molecule has 0 saturated carbocycles. The average Bonchev–Trinajstić information content (AvgIpc) is 2.55. The summed E-state index contributed by atoms with van der Waals surface area (Å²) in [5.74, 6) is 0.714. The van der Waals surface area contributed by atoms with Gasteiger partial charge in [-0.05, 0) is 54.4 Å². The van der Waals surface area contributed by atoms with E-state index in [-0.39, 0.29) is 11.4 Å². The van der Waals surface area contributed by atoms with Crippen LogP contribution in [0, 0.1) is 11.3 Å². The van der Waals surface area contributed by atoms with Crippen molar-refractivity contribution in [2.24, 2.45) is 0 Å². The van der Waals surface area contributed by atoms with E-state index >= 15 is 0 Å². The molecule has 0 saturated heterocycles. The maximum Gasteiger partial charge on any atom is 0.240 e. The lowest BCUT2D eigenvalue weighted by Gasteiger charge is -2.10. The second-order valence-corrected chi connectivity index (χ2v) is 7.42. The highest BCUT2D eigenvalue weighted by Crippen LogP contribution is 2.23. The van der Waals surface area contributed by atoms with Crippen LogP contribution in [-0.2, 0) is 16.4 Å². The number of benzene rings is 2. The van der Waals surface area contributed by atoms with Crippen LogP contribution in [0.5, 0.6) is 5.75 Å². The average molecular weight is 395 g/mol. The number of hydrogen-bond donors (Lipinski definition) is 1. The SMILES string of the molecule is COc1ccc(Br)cc1CCNS(=O)(=O)c1ccc(C#N)cc1. The van der Waals surface area contributed by atoms with Gasteiger partial charge in [-0.3, -0.25) is 0 Å². The van der Waals surface area contributed by atoms with Crippen LogP contribution in [0.4, 0.5) is 0 Å². The summed E-state index contributed by atoms with van der Waals surface area (Å²) in [6.45, 7) is 0.245. The molecule has 0 aromatic heterocycles. The highest BCUT2D eigenvalue weighted by atomic mass is 79.9. The van der Waals surface area contributed by atoms with Crippen molar-refractivity contribution in [3.63, 3.8) is 0 Å². The van der Waals surface area contributed by atoms with E-state index < -0.39 is 10.0 Å². The van der Waals surface area contributed by atoms with Crippen molar-refractivity contribution in [1.29, 1.82) is 5.26 Å². The van der Waals surface area contributed by atoms with E-state index in [1.54, 1.807) is 7.11 Å². The molecule has 0 bridgehead atoms. The van der Waals surface area contributed by atoms with Crippen LogP contribution in [0.3, 0.4) is 0 Å². The summed E-state index contributed by atoms with van der Waals surface area (Å²) in [5.41, 5.74) is 1.33. The fourth-order valence-electron chi connectivity index (χ4n) is 2.05. The van der Waals surface area contributed by atoms with Gasteiger partial charge in [0, 0.05) is 11.0 Å². The summed E-state index contributed by atoms with van der Waals surface area (Å²) in [7, 11) is -2.02. The number of methoxy groups -OCH3 is 1. The third kappa shape index (κ3) is 4.55. The van der Waals surface area contributed by atoms with Crippen molar-refractivity contribution in [3.8, 4) is 11.8 Å². The topological polar surface area (TPSA) is 79.2 Å². The molecular formula is C16H15BrN2O3S. The minimum absolute atomic E-state index is 0.137.